The molecule has 1 N–H and O–H groups in total. The Bertz CT molecular complexity index is 928. The number of fused-ring (bicyclic) bond motifs is 1. The second-order valence-corrected chi connectivity index (χ2v) is 7.93. The van der Waals surface area contributed by atoms with E-state index in [0.717, 1.165) is 36.1 Å². The van der Waals surface area contributed by atoms with Gasteiger partial charge in [0.2, 0.25) is 17.7 Å². The lowest BCUT2D eigenvalue weighted by atomic mass is 9.81. The molecule has 2 fully saturated rings. The fourth-order valence-electron chi connectivity index (χ4n) is 4.49. The third-order valence-electron chi connectivity index (χ3n) is 6.11. The monoisotopic (exact) mass is 410 g/mol. The summed E-state index contributed by atoms with van der Waals surface area (Å²) in [5, 5.41) is 2.95. The molecule has 8 heteroatoms. The summed E-state index contributed by atoms with van der Waals surface area (Å²) in [5.41, 5.74) is 0.825. The fourth-order valence-corrected chi connectivity index (χ4v) is 4.49. The minimum atomic E-state index is -0.515. The van der Waals surface area contributed by atoms with E-state index in [1.54, 1.807) is 19.5 Å². The highest BCUT2D eigenvalue weighted by Crippen LogP contribution is 2.37. The molecule has 0 unspecified atom stereocenters. The van der Waals surface area contributed by atoms with Gasteiger partial charge in [-0.15, -0.1) is 0 Å². The van der Waals surface area contributed by atoms with Gasteiger partial charge in [-0.1, -0.05) is 25.0 Å². The number of amides is 3. The van der Waals surface area contributed by atoms with E-state index >= 15 is 0 Å². The van der Waals surface area contributed by atoms with Gasteiger partial charge < -0.3 is 14.6 Å². The molecule has 0 spiro atoms. The van der Waals surface area contributed by atoms with Crippen LogP contribution in [0.15, 0.2) is 36.7 Å². The van der Waals surface area contributed by atoms with E-state index in [1.165, 1.54) is 0 Å². The Balaban J connectivity index is 1.53. The zero-order valence-corrected chi connectivity index (χ0v) is 17.2. The number of methoxy groups -OCH3 is 1. The molecule has 3 atom stereocenters. The summed E-state index contributed by atoms with van der Waals surface area (Å²) in [5.74, 6) is 0.0348. The normalized spacial score (nSPS) is 22.0. The van der Waals surface area contributed by atoms with Crippen molar-refractivity contribution in [3.05, 3.63) is 48.0 Å². The van der Waals surface area contributed by atoms with Crippen LogP contribution in [0.1, 0.15) is 43.1 Å². The molecule has 2 aliphatic rings. The molecule has 30 heavy (non-hydrogen) atoms. The predicted octanol–water partition coefficient (Wildman–Crippen LogP) is 1.81. The number of nitrogens with zero attached hydrogens (tertiary/aromatic N) is 3. The number of likely N-dealkylation sites (tertiary alicyclic amines) is 1. The van der Waals surface area contributed by atoms with Crippen molar-refractivity contribution in [2.45, 2.75) is 31.7 Å². The highest BCUT2D eigenvalue weighted by molar-refractivity contribution is 6.07. The molecule has 8 nitrogen and oxygen atoms in total. The van der Waals surface area contributed by atoms with Crippen LogP contribution in [0.3, 0.4) is 0 Å². The van der Waals surface area contributed by atoms with Crippen LogP contribution in [0.4, 0.5) is 0 Å². The fraction of sp³-hybridized carbons (Fsp3) is 0.455. The van der Waals surface area contributed by atoms with Gasteiger partial charge in [-0.3, -0.25) is 19.3 Å². The molecular weight excluding hydrogens is 384 g/mol. The van der Waals surface area contributed by atoms with Crippen molar-refractivity contribution >= 4 is 17.7 Å². The summed E-state index contributed by atoms with van der Waals surface area (Å²) in [6, 6.07) is 6.84. The van der Waals surface area contributed by atoms with Crippen molar-refractivity contribution in [2.75, 3.05) is 13.7 Å². The first-order chi connectivity index (χ1) is 14.5. The smallest absolute Gasteiger partial charge is 0.241 e. The Kier molecular flexibility index (Phi) is 5.57. The lowest BCUT2D eigenvalue weighted by Gasteiger charge is -2.21. The maximum absolute atomic E-state index is 12.9. The molecule has 4 rings (SSSR count). The van der Waals surface area contributed by atoms with E-state index in [2.05, 4.69) is 10.3 Å². The molecule has 1 saturated carbocycles. The molecule has 1 aromatic carbocycles. The number of carbonyl (C=O) groups excluding carboxylic acids is 3. The highest BCUT2D eigenvalue weighted by atomic mass is 16.5. The standard InChI is InChI=1S/C22H26N4O4/c1-25-12-11-23-20(25)19(14-7-9-15(30-2)10-8-14)24-18(27)13-26-21(28)16-5-3-4-6-17(16)22(26)29/h7-12,16-17,19H,3-6,13H2,1-2H3,(H,24,27)/t16-,17+,19-/m0/s1. The van der Waals surface area contributed by atoms with Gasteiger partial charge in [-0.25, -0.2) is 4.98 Å². The minimum Gasteiger partial charge on any atom is -0.497 e. The lowest BCUT2D eigenvalue weighted by Crippen LogP contribution is -2.42. The van der Waals surface area contributed by atoms with E-state index in [0.29, 0.717) is 11.6 Å². The van der Waals surface area contributed by atoms with E-state index in [1.807, 2.05) is 35.9 Å². The van der Waals surface area contributed by atoms with Crippen LogP contribution in [0.2, 0.25) is 0 Å². The summed E-state index contributed by atoms with van der Waals surface area (Å²) in [4.78, 5) is 43.8. The number of imidazole rings is 1. The SMILES string of the molecule is COc1ccc([C@H](NC(=O)CN2C(=O)[C@H]3CCCC[C@H]3C2=O)c2nccn2C)cc1. The van der Waals surface area contributed by atoms with Gasteiger partial charge in [0.25, 0.3) is 0 Å². The Morgan fingerprint density at radius 3 is 2.33 bits per heavy atom. The molecule has 1 saturated heterocycles. The Hall–Kier alpha value is -3.16. The van der Waals surface area contributed by atoms with Crippen molar-refractivity contribution in [1.29, 1.82) is 0 Å². The number of aryl methyl sites for hydroxylation is 1. The molecule has 3 amide bonds. The predicted molar refractivity (Wildman–Crippen MR) is 108 cm³/mol. The quantitative estimate of drug-likeness (QED) is 0.733. The van der Waals surface area contributed by atoms with Crippen LogP contribution in [0, 0.1) is 11.8 Å². The molecule has 158 valence electrons. The maximum atomic E-state index is 12.9. The van der Waals surface area contributed by atoms with Crippen LogP contribution in [0.25, 0.3) is 0 Å². The van der Waals surface area contributed by atoms with Crippen molar-refractivity contribution in [3.63, 3.8) is 0 Å². The van der Waals surface area contributed by atoms with E-state index in [-0.39, 0.29) is 36.1 Å². The summed E-state index contributed by atoms with van der Waals surface area (Å²) in [6.45, 7) is -0.262. The molecular formula is C22H26N4O4. The molecule has 2 aromatic rings. The van der Waals surface area contributed by atoms with Crippen LogP contribution in [0.5, 0.6) is 5.75 Å². The van der Waals surface area contributed by atoms with Crippen molar-refractivity contribution in [2.24, 2.45) is 18.9 Å². The second kappa shape index (κ2) is 8.30. The first kappa shape index (κ1) is 20.1. The number of imide groups is 1. The molecule has 2 heterocycles. The van der Waals surface area contributed by atoms with Crippen molar-refractivity contribution in [3.8, 4) is 5.75 Å². The van der Waals surface area contributed by atoms with Crippen molar-refractivity contribution < 1.29 is 19.1 Å². The summed E-state index contributed by atoms with van der Waals surface area (Å²) < 4.78 is 7.04. The third kappa shape index (κ3) is 3.69. The molecule has 1 aliphatic heterocycles. The van der Waals surface area contributed by atoms with Crippen LogP contribution < -0.4 is 10.1 Å². The Morgan fingerprint density at radius 2 is 1.80 bits per heavy atom. The lowest BCUT2D eigenvalue weighted by molar-refractivity contribution is -0.143. The Labute approximate surface area is 175 Å². The molecule has 0 radical (unpaired) electrons. The number of aromatic nitrogens is 2. The van der Waals surface area contributed by atoms with Gasteiger partial charge in [0.15, 0.2) is 0 Å². The van der Waals surface area contributed by atoms with Crippen LogP contribution in [-0.4, -0.2) is 45.8 Å². The van der Waals surface area contributed by atoms with Gasteiger partial charge in [0, 0.05) is 19.4 Å². The van der Waals surface area contributed by atoms with Gasteiger partial charge in [-0.2, -0.15) is 0 Å². The molecule has 1 aliphatic carbocycles. The number of hydrogen-bond donors (Lipinski definition) is 1. The van der Waals surface area contributed by atoms with Gasteiger partial charge >= 0.3 is 0 Å². The number of rotatable bonds is 6. The summed E-state index contributed by atoms with van der Waals surface area (Å²) in [7, 11) is 3.44. The van der Waals surface area contributed by atoms with Crippen LogP contribution >= 0.6 is 0 Å². The zero-order chi connectivity index (χ0) is 21.3. The number of benzene rings is 1. The number of ether oxygens (including phenoxy) is 1. The summed E-state index contributed by atoms with van der Waals surface area (Å²) >= 11 is 0. The minimum absolute atomic E-state index is 0.210. The first-order valence-corrected chi connectivity index (χ1v) is 10.3. The highest BCUT2D eigenvalue weighted by Gasteiger charge is 2.48. The average Bonchev–Trinajstić information content (AvgIpc) is 3.29. The van der Waals surface area contributed by atoms with Crippen molar-refractivity contribution in [1.82, 2.24) is 19.8 Å². The number of carbonyl (C=O) groups is 3. The van der Waals surface area contributed by atoms with E-state index in [4.69, 9.17) is 4.74 Å². The van der Waals surface area contributed by atoms with Gasteiger partial charge in [0.1, 0.15) is 24.2 Å². The largest absolute Gasteiger partial charge is 0.497 e. The summed E-state index contributed by atoms with van der Waals surface area (Å²) in [6.07, 6.45) is 6.84. The van der Waals surface area contributed by atoms with Gasteiger partial charge in [0.05, 0.1) is 18.9 Å². The average molecular weight is 410 g/mol. The van der Waals surface area contributed by atoms with E-state index in [9.17, 15) is 14.4 Å². The zero-order valence-electron chi connectivity index (χ0n) is 17.2. The van der Waals surface area contributed by atoms with E-state index < -0.39 is 6.04 Å². The van der Waals surface area contributed by atoms with Gasteiger partial charge in [-0.05, 0) is 30.5 Å². The third-order valence-corrected chi connectivity index (χ3v) is 6.11. The Morgan fingerprint density at radius 1 is 1.17 bits per heavy atom. The maximum Gasteiger partial charge on any atom is 0.241 e. The topological polar surface area (TPSA) is 93.5 Å². The number of hydrogen-bond acceptors (Lipinski definition) is 5. The molecule has 1 aromatic heterocycles. The van der Waals surface area contributed by atoms with Crippen LogP contribution in [-0.2, 0) is 21.4 Å². The first-order valence-electron chi connectivity index (χ1n) is 10.3. The number of nitrogens with one attached hydrogen (secondary N) is 1. The second-order valence-electron chi connectivity index (χ2n) is 7.93. The molecule has 0 bridgehead atoms.